The first-order valence-corrected chi connectivity index (χ1v) is 11.8. The molecule has 0 heterocycles. The minimum absolute atomic E-state index is 0.0154. The summed E-state index contributed by atoms with van der Waals surface area (Å²) in [5, 5.41) is -0.787. The summed E-state index contributed by atoms with van der Waals surface area (Å²) in [4.78, 5) is 0. The summed E-state index contributed by atoms with van der Waals surface area (Å²) in [5.41, 5.74) is -0.944. The van der Waals surface area contributed by atoms with Crippen LogP contribution in [0.3, 0.4) is 0 Å². The molecule has 158 valence electrons. The molecule has 0 aliphatic rings. The third-order valence-electron chi connectivity index (χ3n) is 3.71. The molecule has 9 nitrogen and oxygen atoms in total. The Morgan fingerprint density at radius 2 is 1.27 bits per heavy atom. The molecule has 0 fully saturated rings. The van der Waals surface area contributed by atoms with Gasteiger partial charge >= 0.3 is 0 Å². The quantitative estimate of drug-likeness (QED) is 0.218. The second-order valence-electron chi connectivity index (χ2n) is 6.02. The average molecular weight is 460 g/mol. The predicted octanol–water partition coefficient (Wildman–Crippen LogP) is 1.12. The van der Waals surface area contributed by atoms with Crippen LogP contribution in [0.1, 0.15) is 20.8 Å². The summed E-state index contributed by atoms with van der Waals surface area (Å²) in [6.45, 7) is 5.52. The smallest absolute Gasteiger partial charge is 0.267 e. The Bertz CT molecular complexity index is 595. The van der Waals surface area contributed by atoms with Crippen molar-refractivity contribution in [3.8, 4) is 0 Å². The molecule has 0 amide bonds. The molecule has 0 aromatic carbocycles. The van der Waals surface area contributed by atoms with Gasteiger partial charge in [0.05, 0.1) is 61.9 Å². The maximum atomic E-state index is 12.3. The van der Waals surface area contributed by atoms with Gasteiger partial charge in [0.25, 0.3) is 10.1 Å². The molecule has 0 aromatic rings. The molecular weight excluding hydrogens is 433 g/mol. The maximum absolute atomic E-state index is 12.3. The normalized spacial score (nSPS) is 14.7. The van der Waals surface area contributed by atoms with Crippen molar-refractivity contribution in [2.24, 2.45) is 0 Å². The van der Waals surface area contributed by atoms with Crippen LogP contribution in [-0.2, 0) is 34.2 Å². The van der Waals surface area contributed by atoms with Crippen molar-refractivity contribution in [2.45, 2.75) is 31.6 Å². The minimum Gasteiger partial charge on any atom is -0.378 e. The molecule has 0 saturated carbocycles. The molecule has 0 spiro atoms. The standard InChI is InChI=1S/C13H27Cl2NO8S2/c1-12(13(2,3)16(14)15)25(17,18)10-8-23-6-4-22-5-7-24-9-11-26(19,20)21/h12H,4-11H2,1-3H3,(H,19,20,21). The summed E-state index contributed by atoms with van der Waals surface area (Å²) in [7, 11) is -7.47. The second kappa shape index (κ2) is 12.0. The molecule has 0 aliphatic carbocycles. The van der Waals surface area contributed by atoms with E-state index in [9.17, 15) is 16.8 Å². The number of hydrogen-bond acceptors (Lipinski definition) is 8. The Hall–Kier alpha value is 0.280. The fourth-order valence-corrected chi connectivity index (χ4v) is 4.06. The van der Waals surface area contributed by atoms with Gasteiger partial charge in [-0.25, -0.2) is 8.42 Å². The van der Waals surface area contributed by atoms with Crippen molar-refractivity contribution in [3.05, 3.63) is 0 Å². The molecule has 13 heteroatoms. The minimum atomic E-state index is -4.02. The predicted molar refractivity (Wildman–Crippen MR) is 99.7 cm³/mol. The van der Waals surface area contributed by atoms with E-state index < -0.39 is 36.5 Å². The van der Waals surface area contributed by atoms with E-state index in [4.69, 9.17) is 42.3 Å². The number of nitrogens with zero attached hydrogens (tertiary/aromatic N) is 1. The number of halogens is 2. The zero-order valence-corrected chi connectivity index (χ0v) is 18.2. The number of hydrogen-bond donors (Lipinski definition) is 1. The highest BCUT2D eigenvalue weighted by Crippen LogP contribution is 2.28. The molecule has 1 atom stereocenters. The van der Waals surface area contributed by atoms with Gasteiger partial charge in [-0.2, -0.15) is 8.42 Å². The Morgan fingerprint density at radius 1 is 0.885 bits per heavy atom. The van der Waals surface area contributed by atoms with Crippen molar-refractivity contribution >= 4 is 43.5 Å². The lowest BCUT2D eigenvalue weighted by Gasteiger charge is -2.33. The highest BCUT2D eigenvalue weighted by Gasteiger charge is 2.39. The summed E-state index contributed by atoms with van der Waals surface area (Å²) >= 11 is 11.4. The van der Waals surface area contributed by atoms with Gasteiger partial charge in [-0.15, -0.1) is 3.94 Å². The lowest BCUT2D eigenvalue weighted by atomic mass is 10.0. The summed E-state index contributed by atoms with van der Waals surface area (Å²) in [6.07, 6.45) is 0. The van der Waals surface area contributed by atoms with Crippen LogP contribution in [0.25, 0.3) is 0 Å². The van der Waals surface area contributed by atoms with E-state index >= 15 is 0 Å². The van der Waals surface area contributed by atoms with E-state index in [0.717, 1.165) is 3.94 Å². The first-order chi connectivity index (χ1) is 11.8. The van der Waals surface area contributed by atoms with Gasteiger partial charge in [0, 0.05) is 0 Å². The first kappa shape index (κ1) is 26.3. The lowest BCUT2D eigenvalue weighted by Crippen LogP contribution is -2.47. The molecule has 0 saturated heterocycles. The molecule has 0 bridgehead atoms. The number of ether oxygens (including phenoxy) is 3. The van der Waals surface area contributed by atoms with E-state index in [1.54, 1.807) is 13.8 Å². The largest absolute Gasteiger partial charge is 0.378 e. The van der Waals surface area contributed by atoms with Crippen molar-refractivity contribution in [1.29, 1.82) is 0 Å². The van der Waals surface area contributed by atoms with Gasteiger partial charge in [-0.1, -0.05) is 0 Å². The third kappa shape index (κ3) is 11.2. The zero-order valence-electron chi connectivity index (χ0n) is 15.1. The van der Waals surface area contributed by atoms with Gasteiger partial charge in [-0.3, -0.25) is 4.55 Å². The molecule has 0 aliphatic heterocycles. The summed E-state index contributed by atoms with van der Waals surface area (Å²) in [5.74, 6) is -0.636. The zero-order chi connectivity index (χ0) is 20.4. The molecule has 1 unspecified atom stereocenters. The molecule has 0 aromatic heterocycles. The van der Waals surface area contributed by atoms with E-state index in [2.05, 4.69) is 0 Å². The molecule has 0 radical (unpaired) electrons. The van der Waals surface area contributed by atoms with Gasteiger partial charge in [0.1, 0.15) is 0 Å². The fraction of sp³-hybridized carbons (Fsp3) is 1.00. The van der Waals surface area contributed by atoms with E-state index in [-0.39, 0.29) is 45.4 Å². The van der Waals surface area contributed by atoms with Crippen LogP contribution in [0.2, 0.25) is 0 Å². The van der Waals surface area contributed by atoms with Crippen LogP contribution >= 0.6 is 23.6 Å². The highest BCUT2D eigenvalue weighted by atomic mass is 35.5. The second-order valence-corrected chi connectivity index (χ2v) is 10.9. The number of rotatable bonds is 15. The van der Waals surface area contributed by atoms with Crippen molar-refractivity contribution in [1.82, 2.24) is 3.94 Å². The van der Waals surface area contributed by atoms with Crippen molar-refractivity contribution in [2.75, 3.05) is 51.1 Å². The SMILES string of the molecule is CC(C(C)(C)N(Cl)Cl)S(=O)(=O)CCOCCOCCOCCS(=O)(=O)O. The lowest BCUT2D eigenvalue weighted by molar-refractivity contribution is 0.0200. The Kier molecular flexibility index (Phi) is 12.1. The van der Waals surface area contributed by atoms with Crippen LogP contribution in [0.5, 0.6) is 0 Å². The van der Waals surface area contributed by atoms with Gasteiger partial charge < -0.3 is 14.2 Å². The summed E-state index contributed by atoms with van der Waals surface area (Å²) in [6, 6.07) is 0. The van der Waals surface area contributed by atoms with Crippen LogP contribution in [0.15, 0.2) is 0 Å². The summed E-state index contributed by atoms with van der Waals surface area (Å²) < 4.78 is 70.1. The van der Waals surface area contributed by atoms with Crippen LogP contribution in [-0.4, -0.2) is 87.3 Å². The Balaban J connectivity index is 3.81. The fourth-order valence-electron chi connectivity index (χ4n) is 1.63. The maximum Gasteiger partial charge on any atom is 0.267 e. The van der Waals surface area contributed by atoms with Gasteiger partial charge in [0.2, 0.25) is 0 Å². The number of sulfone groups is 1. The monoisotopic (exact) mass is 459 g/mol. The molecular formula is C13H27Cl2NO8S2. The van der Waals surface area contributed by atoms with Gasteiger partial charge in [0.15, 0.2) is 9.84 Å². The molecule has 1 N–H and O–H groups in total. The topological polar surface area (TPSA) is 119 Å². The molecule has 26 heavy (non-hydrogen) atoms. The first-order valence-electron chi connectivity index (χ1n) is 7.82. The average Bonchev–Trinajstić information content (AvgIpc) is 2.50. The molecule has 0 rings (SSSR count). The van der Waals surface area contributed by atoms with Crippen molar-refractivity contribution < 1.29 is 35.6 Å². The highest BCUT2D eigenvalue weighted by molar-refractivity contribution is 7.92. The van der Waals surface area contributed by atoms with E-state index in [0.29, 0.717) is 0 Å². The van der Waals surface area contributed by atoms with Crippen LogP contribution < -0.4 is 0 Å². The van der Waals surface area contributed by atoms with Crippen LogP contribution in [0, 0.1) is 0 Å². The van der Waals surface area contributed by atoms with Crippen LogP contribution in [0.4, 0.5) is 0 Å². The third-order valence-corrected chi connectivity index (χ3v) is 7.65. The Morgan fingerprint density at radius 3 is 1.65 bits per heavy atom. The Labute approximate surface area is 165 Å². The van der Waals surface area contributed by atoms with E-state index in [1.807, 2.05) is 0 Å². The van der Waals surface area contributed by atoms with Crippen molar-refractivity contribution in [3.63, 3.8) is 0 Å². The van der Waals surface area contributed by atoms with Gasteiger partial charge in [-0.05, 0) is 44.3 Å². The van der Waals surface area contributed by atoms with E-state index in [1.165, 1.54) is 6.92 Å².